The molecule has 1 aliphatic heterocycles. The lowest BCUT2D eigenvalue weighted by molar-refractivity contribution is -0.130. The lowest BCUT2D eigenvalue weighted by atomic mass is 9.74. The Bertz CT molecular complexity index is 370. The summed E-state index contributed by atoms with van der Waals surface area (Å²) in [6, 6.07) is 10.6. The van der Waals surface area contributed by atoms with Gasteiger partial charge in [-0.1, -0.05) is 58.0 Å². The van der Waals surface area contributed by atoms with E-state index in [1.165, 1.54) is 5.56 Å². The molecule has 1 heterocycles. The predicted octanol–water partition coefficient (Wildman–Crippen LogP) is 3.21. The van der Waals surface area contributed by atoms with E-state index in [9.17, 15) is 4.79 Å². The SMILES string of the molecule is CC.CC1(C)C(=O)CCN[C@@H]1Cc1ccccc1. The van der Waals surface area contributed by atoms with Crippen molar-refractivity contribution >= 4 is 5.78 Å². The molecule has 0 unspecified atom stereocenters. The molecule has 1 aromatic rings. The zero-order chi connectivity index (χ0) is 13.6. The van der Waals surface area contributed by atoms with Gasteiger partial charge in [-0.25, -0.2) is 0 Å². The number of benzene rings is 1. The van der Waals surface area contributed by atoms with Crippen molar-refractivity contribution in [3.63, 3.8) is 0 Å². The molecule has 1 atom stereocenters. The number of piperidine rings is 1. The molecule has 0 aromatic heterocycles. The highest BCUT2D eigenvalue weighted by molar-refractivity contribution is 5.85. The maximum atomic E-state index is 11.9. The zero-order valence-electron chi connectivity index (χ0n) is 12.0. The zero-order valence-corrected chi connectivity index (χ0v) is 12.0. The normalized spacial score (nSPS) is 22.0. The molecular formula is C16H25NO. The summed E-state index contributed by atoms with van der Waals surface area (Å²) in [5.74, 6) is 0.382. The maximum absolute atomic E-state index is 11.9. The van der Waals surface area contributed by atoms with Crippen molar-refractivity contribution in [3.05, 3.63) is 35.9 Å². The topological polar surface area (TPSA) is 29.1 Å². The number of hydrogen-bond donors (Lipinski definition) is 1. The minimum absolute atomic E-state index is 0.242. The summed E-state index contributed by atoms with van der Waals surface area (Å²) < 4.78 is 0. The molecular weight excluding hydrogens is 222 g/mol. The molecule has 0 saturated carbocycles. The molecule has 1 aromatic carbocycles. The van der Waals surface area contributed by atoms with E-state index in [0.717, 1.165) is 13.0 Å². The Morgan fingerprint density at radius 3 is 2.44 bits per heavy atom. The molecule has 2 heteroatoms. The maximum Gasteiger partial charge on any atom is 0.141 e. The van der Waals surface area contributed by atoms with E-state index in [0.29, 0.717) is 12.2 Å². The summed E-state index contributed by atoms with van der Waals surface area (Å²) in [6.45, 7) is 8.92. The first-order chi connectivity index (χ1) is 8.60. The van der Waals surface area contributed by atoms with Crippen LogP contribution >= 0.6 is 0 Å². The van der Waals surface area contributed by atoms with Gasteiger partial charge in [0.1, 0.15) is 5.78 Å². The van der Waals surface area contributed by atoms with E-state index >= 15 is 0 Å². The number of carbonyl (C=O) groups excluding carboxylic acids is 1. The van der Waals surface area contributed by atoms with Crippen LogP contribution in [0.1, 0.15) is 39.7 Å². The van der Waals surface area contributed by atoms with Crippen molar-refractivity contribution in [2.75, 3.05) is 6.54 Å². The van der Waals surface area contributed by atoms with Gasteiger partial charge in [0.2, 0.25) is 0 Å². The monoisotopic (exact) mass is 247 g/mol. The van der Waals surface area contributed by atoms with Crippen LogP contribution in [0, 0.1) is 5.41 Å². The Hall–Kier alpha value is -1.15. The van der Waals surface area contributed by atoms with Gasteiger partial charge in [-0.15, -0.1) is 0 Å². The molecule has 1 fully saturated rings. The van der Waals surface area contributed by atoms with Gasteiger partial charge in [0.15, 0.2) is 0 Å². The van der Waals surface area contributed by atoms with Gasteiger partial charge < -0.3 is 5.32 Å². The summed E-state index contributed by atoms with van der Waals surface area (Å²) >= 11 is 0. The number of nitrogens with one attached hydrogen (secondary N) is 1. The van der Waals surface area contributed by atoms with Crippen LogP contribution in [0.2, 0.25) is 0 Å². The van der Waals surface area contributed by atoms with Crippen LogP contribution in [-0.2, 0) is 11.2 Å². The Morgan fingerprint density at radius 2 is 1.83 bits per heavy atom. The van der Waals surface area contributed by atoms with E-state index in [-0.39, 0.29) is 11.5 Å². The van der Waals surface area contributed by atoms with E-state index in [4.69, 9.17) is 0 Å². The Kier molecular flexibility index (Phi) is 5.54. The summed E-state index contributed by atoms with van der Waals surface area (Å²) in [7, 11) is 0. The third-order valence-electron chi connectivity index (χ3n) is 3.62. The van der Waals surface area contributed by atoms with Crippen LogP contribution < -0.4 is 5.32 Å². The van der Waals surface area contributed by atoms with Crippen LogP contribution in [0.3, 0.4) is 0 Å². The third kappa shape index (κ3) is 3.42. The van der Waals surface area contributed by atoms with Crippen LogP contribution in [0.4, 0.5) is 0 Å². The summed E-state index contributed by atoms with van der Waals surface area (Å²) in [6.07, 6.45) is 1.60. The molecule has 0 spiro atoms. The van der Waals surface area contributed by atoms with E-state index in [2.05, 4.69) is 31.3 Å². The van der Waals surface area contributed by atoms with Crippen molar-refractivity contribution in [2.24, 2.45) is 5.41 Å². The third-order valence-corrected chi connectivity index (χ3v) is 3.62. The molecule has 1 saturated heterocycles. The Morgan fingerprint density at radius 1 is 1.22 bits per heavy atom. The van der Waals surface area contributed by atoms with E-state index in [1.54, 1.807) is 0 Å². The fraction of sp³-hybridized carbons (Fsp3) is 0.562. The number of rotatable bonds is 2. The van der Waals surface area contributed by atoms with Crippen LogP contribution in [-0.4, -0.2) is 18.4 Å². The lowest BCUT2D eigenvalue weighted by Gasteiger charge is -2.38. The second kappa shape index (κ2) is 6.69. The average molecular weight is 247 g/mol. The molecule has 2 rings (SSSR count). The highest BCUT2D eigenvalue weighted by atomic mass is 16.1. The Labute approximate surface area is 111 Å². The average Bonchev–Trinajstić information content (AvgIpc) is 2.39. The first-order valence-electron chi connectivity index (χ1n) is 6.91. The highest BCUT2D eigenvalue weighted by Crippen LogP contribution is 2.29. The second-order valence-corrected chi connectivity index (χ2v) is 5.09. The van der Waals surface area contributed by atoms with Crippen molar-refractivity contribution in [3.8, 4) is 0 Å². The molecule has 100 valence electrons. The molecule has 0 radical (unpaired) electrons. The highest BCUT2D eigenvalue weighted by Gasteiger charge is 2.38. The van der Waals surface area contributed by atoms with Crippen molar-refractivity contribution < 1.29 is 4.79 Å². The fourth-order valence-electron chi connectivity index (χ4n) is 2.31. The number of ketones is 1. The lowest BCUT2D eigenvalue weighted by Crippen LogP contribution is -2.53. The largest absolute Gasteiger partial charge is 0.312 e. The van der Waals surface area contributed by atoms with Crippen molar-refractivity contribution in [2.45, 2.75) is 46.6 Å². The number of Topliss-reactive ketones (excluding diaryl/α,β-unsaturated/α-hetero) is 1. The van der Waals surface area contributed by atoms with Crippen LogP contribution in [0.25, 0.3) is 0 Å². The van der Waals surface area contributed by atoms with Gasteiger partial charge in [0, 0.05) is 24.4 Å². The van der Waals surface area contributed by atoms with Gasteiger partial charge >= 0.3 is 0 Å². The molecule has 2 nitrogen and oxygen atoms in total. The minimum atomic E-state index is -0.242. The van der Waals surface area contributed by atoms with Crippen LogP contribution in [0.15, 0.2) is 30.3 Å². The molecule has 1 N–H and O–H groups in total. The van der Waals surface area contributed by atoms with Crippen LogP contribution in [0.5, 0.6) is 0 Å². The van der Waals surface area contributed by atoms with E-state index < -0.39 is 0 Å². The minimum Gasteiger partial charge on any atom is -0.312 e. The first-order valence-corrected chi connectivity index (χ1v) is 6.91. The summed E-state index contributed by atoms with van der Waals surface area (Å²) in [5, 5.41) is 3.47. The first kappa shape index (κ1) is 14.9. The predicted molar refractivity (Wildman–Crippen MR) is 76.7 cm³/mol. The number of hydrogen-bond acceptors (Lipinski definition) is 2. The van der Waals surface area contributed by atoms with Crippen molar-refractivity contribution in [1.29, 1.82) is 0 Å². The molecule has 0 aliphatic carbocycles. The van der Waals surface area contributed by atoms with Gasteiger partial charge in [-0.3, -0.25) is 4.79 Å². The molecule has 1 aliphatic rings. The number of carbonyl (C=O) groups is 1. The molecule has 18 heavy (non-hydrogen) atoms. The molecule has 0 amide bonds. The fourth-order valence-corrected chi connectivity index (χ4v) is 2.31. The smallest absolute Gasteiger partial charge is 0.141 e. The quantitative estimate of drug-likeness (QED) is 0.869. The van der Waals surface area contributed by atoms with Gasteiger partial charge in [-0.2, -0.15) is 0 Å². The summed E-state index contributed by atoms with van der Waals surface area (Å²) in [4.78, 5) is 11.9. The van der Waals surface area contributed by atoms with E-state index in [1.807, 2.05) is 32.0 Å². The standard InChI is InChI=1S/C14H19NO.C2H6/c1-14(2)12(15-9-8-13(14)16)10-11-6-4-3-5-7-11;1-2/h3-7,12,15H,8-10H2,1-2H3;1-2H3/t12-;/m1./s1. The van der Waals surface area contributed by atoms with Crippen molar-refractivity contribution in [1.82, 2.24) is 5.32 Å². The second-order valence-electron chi connectivity index (χ2n) is 5.09. The van der Waals surface area contributed by atoms with Gasteiger partial charge in [-0.05, 0) is 12.0 Å². The summed E-state index contributed by atoms with van der Waals surface area (Å²) in [5.41, 5.74) is 1.05. The molecule has 0 bridgehead atoms. The van der Waals surface area contributed by atoms with Gasteiger partial charge in [0.05, 0.1) is 0 Å². The Balaban J connectivity index is 0.000000771. The van der Waals surface area contributed by atoms with Gasteiger partial charge in [0.25, 0.3) is 0 Å².